The third-order valence-corrected chi connectivity index (χ3v) is 6.73. The van der Waals surface area contributed by atoms with Crippen molar-refractivity contribution in [1.29, 1.82) is 0 Å². The van der Waals surface area contributed by atoms with Crippen LogP contribution in [0.2, 0.25) is 0 Å². The molecule has 1 aliphatic heterocycles. The summed E-state index contributed by atoms with van der Waals surface area (Å²) >= 11 is 0. The zero-order valence-electron chi connectivity index (χ0n) is 19.0. The summed E-state index contributed by atoms with van der Waals surface area (Å²) in [6, 6.07) is 8.33. The first kappa shape index (κ1) is 21.3. The Hall–Kier alpha value is -3.53. The van der Waals surface area contributed by atoms with E-state index in [4.69, 9.17) is 10.5 Å². The molecule has 0 unspecified atom stereocenters. The van der Waals surface area contributed by atoms with Crippen LogP contribution in [0, 0.1) is 11.8 Å². The smallest absolute Gasteiger partial charge is 0.298 e. The Balaban J connectivity index is 1.44. The fraction of sp³-hybridized carbons (Fsp3) is 0.423. The number of aromatic nitrogens is 3. The van der Waals surface area contributed by atoms with E-state index in [1.165, 1.54) is 25.6 Å². The lowest BCUT2D eigenvalue weighted by Gasteiger charge is -2.23. The highest BCUT2D eigenvalue weighted by molar-refractivity contribution is 6.00. The summed E-state index contributed by atoms with van der Waals surface area (Å²) in [4.78, 5) is 22.8. The highest BCUT2D eigenvalue weighted by Gasteiger charge is 2.29. The molecule has 0 radical (unpaired) electrons. The maximum absolute atomic E-state index is 12.2. The normalized spacial score (nSPS) is 18.8. The maximum Gasteiger partial charge on any atom is 0.298 e. The summed E-state index contributed by atoms with van der Waals surface area (Å²) in [7, 11) is 0. The minimum absolute atomic E-state index is 0.118. The fourth-order valence-corrected chi connectivity index (χ4v) is 5.03. The maximum atomic E-state index is 12.2. The topological polar surface area (TPSA) is 86.3 Å². The Morgan fingerprint density at radius 3 is 2.67 bits per heavy atom. The van der Waals surface area contributed by atoms with Gasteiger partial charge in [0.2, 0.25) is 0 Å². The zero-order valence-corrected chi connectivity index (χ0v) is 19.0. The minimum Gasteiger partial charge on any atom is -0.490 e. The quantitative estimate of drug-likeness (QED) is 0.611. The molecule has 33 heavy (non-hydrogen) atoms. The summed E-state index contributed by atoms with van der Waals surface area (Å²) < 4.78 is 8.34. The van der Waals surface area contributed by atoms with Crippen LogP contribution in [-0.2, 0) is 4.79 Å². The van der Waals surface area contributed by atoms with E-state index in [1.54, 1.807) is 11.8 Å². The van der Waals surface area contributed by atoms with Crippen LogP contribution in [0.5, 0.6) is 5.75 Å². The molecule has 1 amide bonds. The summed E-state index contributed by atoms with van der Waals surface area (Å²) in [5.74, 6) is 6.57. The molecule has 7 heteroatoms. The first-order valence-corrected chi connectivity index (χ1v) is 11.7. The number of rotatable bonds is 4. The summed E-state index contributed by atoms with van der Waals surface area (Å²) in [6.07, 6.45) is 10.8. The SMILES string of the molecule is CC#CC(=O)N1CC[C@H](n2cc(-c3ccc(OC4CCCCC4)cc3)c3c(N)ncnc32)C1. The average molecular weight is 444 g/mol. The molecule has 1 saturated carbocycles. The number of anilines is 1. The Labute approximate surface area is 194 Å². The van der Waals surface area contributed by atoms with Gasteiger partial charge in [-0.1, -0.05) is 24.5 Å². The number of likely N-dealkylation sites (tertiary alicyclic amines) is 1. The van der Waals surface area contributed by atoms with E-state index >= 15 is 0 Å². The first-order valence-electron chi connectivity index (χ1n) is 11.7. The summed E-state index contributed by atoms with van der Waals surface area (Å²) in [5.41, 5.74) is 9.13. The molecule has 7 nitrogen and oxygen atoms in total. The third-order valence-electron chi connectivity index (χ3n) is 6.73. The van der Waals surface area contributed by atoms with Crippen LogP contribution in [-0.4, -0.2) is 44.5 Å². The molecule has 1 saturated heterocycles. The second-order valence-corrected chi connectivity index (χ2v) is 8.88. The number of carbonyl (C=O) groups is 1. The molecule has 3 aromatic rings. The van der Waals surface area contributed by atoms with Gasteiger partial charge in [-0.15, -0.1) is 0 Å². The standard InChI is InChI=1S/C26H29N5O2/c1-2-6-23(32)30-14-13-19(15-30)31-16-22(24-25(27)28-17-29-26(24)31)18-9-11-21(12-10-18)33-20-7-4-3-5-8-20/h9-12,16-17,19-20H,3-5,7-8,13-15H2,1H3,(H2,27,28,29)/t19-/m0/s1. The number of nitrogens with zero attached hydrogens (tertiary/aromatic N) is 4. The number of benzene rings is 1. The number of nitrogen functional groups attached to an aromatic ring is 1. The Morgan fingerprint density at radius 2 is 1.91 bits per heavy atom. The van der Waals surface area contributed by atoms with Crippen LogP contribution < -0.4 is 10.5 Å². The fourth-order valence-electron chi connectivity index (χ4n) is 5.03. The number of fused-ring (bicyclic) bond motifs is 1. The van der Waals surface area contributed by atoms with E-state index in [-0.39, 0.29) is 11.9 Å². The largest absolute Gasteiger partial charge is 0.490 e. The van der Waals surface area contributed by atoms with Gasteiger partial charge in [0.15, 0.2) is 0 Å². The molecule has 2 N–H and O–H groups in total. The molecule has 2 fully saturated rings. The van der Waals surface area contributed by atoms with E-state index in [2.05, 4.69) is 44.7 Å². The first-order chi connectivity index (χ1) is 16.1. The van der Waals surface area contributed by atoms with E-state index < -0.39 is 0 Å². The number of carbonyl (C=O) groups excluding carboxylic acids is 1. The van der Waals surface area contributed by atoms with Crippen molar-refractivity contribution in [3.8, 4) is 28.7 Å². The monoisotopic (exact) mass is 443 g/mol. The molecule has 2 aromatic heterocycles. The van der Waals surface area contributed by atoms with E-state index in [0.717, 1.165) is 47.2 Å². The van der Waals surface area contributed by atoms with Crippen LogP contribution in [0.15, 0.2) is 36.8 Å². The van der Waals surface area contributed by atoms with Crippen molar-refractivity contribution >= 4 is 22.8 Å². The van der Waals surface area contributed by atoms with Crippen molar-refractivity contribution in [2.45, 2.75) is 57.6 Å². The van der Waals surface area contributed by atoms with Crippen LogP contribution >= 0.6 is 0 Å². The lowest BCUT2D eigenvalue weighted by atomic mass is 9.98. The van der Waals surface area contributed by atoms with Gasteiger partial charge in [-0.25, -0.2) is 9.97 Å². The number of ether oxygens (including phenoxy) is 1. The molecular formula is C26H29N5O2. The minimum atomic E-state index is -0.126. The number of amides is 1. The van der Waals surface area contributed by atoms with Crippen LogP contribution in [0.25, 0.3) is 22.2 Å². The number of hydrogen-bond acceptors (Lipinski definition) is 5. The van der Waals surface area contributed by atoms with Gasteiger partial charge in [0, 0.05) is 24.8 Å². The van der Waals surface area contributed by atoms with Gasteiger partial charge in [-0.05, 0) is 62.6 Å². The third kappa shape index (κ3) is 4.25. The van der Waals surface area contributed by atoms with Crippen LogP contribution in [0.4, 0.5) is 5.82 Å². The molecule has 5 rings (SSSR count). The molecule has 0 bridgehead atoms. The van der Waals surface area contributed by atoms with Crippen molar-refractivity contribution in [2.75, 3.05) is 18.8 Å². The second kappa shape index (κ2) is 9.14. The molecule has 3 heterocycles. The van der Waals surface area contributed by atoms with Crippen molar-refractivity contribution in [3.05, 3.63) is 36.8 Å². The second-order valence-electron chi connectivity index (χ2n) is 8.88. The number of hydrogen-bond donors (Lipinski definition) is 1. The molecular weight excluding hydrogens is 414 g/mol. The van der Waals surface area contributed by atoms with E-state index in [0.29, 0.717) is 25.0 Å². The van der Waals surface area contributed by atoms with Gasteiger partial charge < -0.3 is 19.9 Å². The number of nitrogens with two attached hydrogens (primary N) is 1. The predicted molar refractivity (Wildman–Crippen MR) is 129 cm³/mol. The van der Waals surface area contributed by atoms with Crippen LogP contribution in [0.1, 0.15) is 51.5 Å². The predicted octanol–water partition coefficient (Wildman–Crippen LogP) is 4.19. The van der Waals surface area contributed by atoms with Gasteiger partial charge in [0.1, 0.15) is 23.5 Å². The molecule has 170 valence electrons. The Kier molecular flexibility index (Phi) is 5.91. The summed E-state index contributed by atoms with van der Waals surface area (Å²) in [6.45, 7) is 2.97. The van der Waals surface area contributed by atoms with Gasteiger partial charge in [0.25, 0.3) is 5.91 Å². The lowest BCUT2D eigenvalue weighted by molar-refractivity contribution is -0.124. The van der Waals surface area contributed by atoms with Crippen molar-refractivity contribution in [2.24, 2.45) is 0 Å². The van der Waals surface area contributed by atoms with Crippen LogP contribution in [0.3, 0.4) is 0 Å². The van der Waals surface area contributed by atoms with Crippen molar-refractivity contribution in [1.82, 2.24) is 19.4 Å². The molecule has 0 spiro atoms. The van der Waals surface area contributed by atoms with Gasteiger partial charge in [-0.3, -0.25) is 4.79 Å². The van der Waals surface area contributed by atoms with Gasteiger partial charge in [-0.2, -0.15) is 0 Å². The molecule has 2 aliphatic rings. The average Bonchev–Trinajstić information content (AvgIpc) is 3.47. The zero-order chi connectivity index (χ0) is 22.8. The Morgan fingerprint density at radius 1 is 1.12 bits per heavy atom. The van der Waals surface area contributed by atoms with Crippen molar-refractivity contribution in [3.63, 3.8) is 0 Å². The molecule has 1 aliphatic carbocycles. The molecule has 1 aromatic carbocycles. The lowest BCUT2D eigenvalue weighted by Crippen LogP contribution is -2.27. The van der Waals surface area contributed by atoms with E-state index in [1.807, 2.05) is 12.1 Å². The van der Waals surface area contributed by atoms with Crippen molar-refractivity contribution < 1.29 is 9.53 Å². The van der Waals surface area contributed by atoms with Gasteiger partial charge >= 0.3 is 0 Å². The van der Waals surface area contributed by atoms with E-state index in [9.17, 15) is 4.79 Å². The summed E-state index contributed by atoms with van der Waals surface area (Å²) in [5, 5.41) is 0.844. The Bertz CT molecular complexity index is 1220. The highest BCUT2D eigenvalue weighted by atomic mass is 16.5. The highest BCUT2D eigenvalue weighted by Crippen LogP contribution is 2.37. The van der Waals surface area contributed by atoms with Gasteiger partial charge in [0.05, 0.1) is 17.5 Å². The molecule has 1 atom stereocenters.